The number of hydrogen-bond donors (Lipinski definition) is 2. The number of hydrogen-bond acceptors (Lipinski definition) is 4. The van der Waals surface area contributed by atoms with Crippen molar-refractivity contribution in [2.45, 2.75) is 46.3 Å². The van der Waals surface area contributed by atoms with Crippen LogP contribution in [-0.4, -0.2) is 40.9 Å². The van der Waals surface area contributed by atoms with Gasteiger partial charge in [0.15, 0.2) is 5.11 Å². The van der Waals surface area contributed by atoms with Crippen LogP contribution < -0.4 is 15.6 Å². The number of ether oxygens (including phenoxy) is 2. The minimum Gasteiger partial charge on any atom is -0.494 e. The van der Waals surface area contributed by atoms with E-state index in [2.05, 4.69) is 29.4 Å². The average molecular weight is 466 g/mol. The lowest BCUT2D eigenvalue weighted by Crippen LogP contribution is -2.40. The minimum atomic E-state index is -0.0857. The lowest BCUT2D eigenvalue weighted by Gasteiger charge is -2.28. The third-order valence-corrected chi connectivity index (χ3v) is 6.50. The van der Waals surface area contributed by atoms with E-state index in [4.69, 9.17) is 21.7 Å². The van der Waals surface area contributed by atoms with E-state index in [-0.39, 0.29) is 11.7 Å². The van der Waals surface area contributed by atoms with Gasteiger partial charge >= 0.3 is 0 Å². The van der Waals surface area contributed by atoms with E-state index >= 15 is 0 Å². The largest absolute Gasteiger partial charge is 0.494 e. The number of aryl methyl sites for hydroxylation is 2. The second-order valence-corrected chi connectivity index (χ2v) is 8.89. The maximum atomic E-state index is 13.0. The minimum absolute atomic E-state index is 0.0857. The van der Waals surface area contributed by atoms with Crippen molar-refractivity contribution in [3.05, 3.63) is 69.5 Å². The van der Waals surface area contributed by atoms with Gasteiger partial charge in [-0.2, -0.15) is 0 Å². The summed E-state index contributed by atoms with van der Waals surface area (Å²) >= 11 is 5.77. The number of anilines is 1. The number of aromatic amines is 1. The molecule has 6 nitrogen and oxygen atoms in total. The molecule has 0 bridgehead atoms. The standard InChI is InChI=1S/C26H31N3O3S/c1-4-31-22-11-9-21(10-12-22)27-26(33)29(16-23-6-5-13-32-23)15-20-14-19-8-7-17(2)18(3)24(19)28-25(20)30/h7-12,14,23H,4-6,13,15-16H2,1-3H3,(H,27,33)(H,28,30)/t23-/m0/s1. The summed E-state index contributed by atoms with van der Waals surface area (Å²) in [5.41, 5.74) is 4.62. The zero-order valence-corrected chi connectivity index (χ0v) is 20.3. The van der Waals surface area contributed by atoms with Gasteiger partial charge in [0.2, 0.25) is 0 Å². The summed E-state index contributed by atoms with van der Waals surface area (Å²) in [6.07, 6.45) is 2.15. The van der Waals surface area contributed by atoms with E-state index in [9.17, 15) is 4.79 Å². The number of nitrogens with one attached hydrogen (secondary N) is 2. The fourth-order valence-corrected chi connectivity index (χ4v) is 4.41. The molecule has 0 saturated carbocycles. The highest BCUT2D eigenvalue weighted by molar-refractivity contribution is 7.80. The van der Waals surface area contributed by atoms with E-state index < -0.39 is 0 Å². The summed E-state index contributed by atoms with van der Waals surface area (Å²) in [4.78, 5) is 18.1. The molecule has 0 aliphatic carbocycles. The van der Waals surface area contributed by atoms with Crippen LogP contribution in [0.5, 0.6) is 5.75 Å². The molecule has 1 fully saturated rings. The van der Waals surface area contributed by atoms with Crippen LogP contribution in [0.1, 0.15) is 36.5 Å². The Morgan fingerprint density at radius 3 is 2.73 bits per heavy atom. The van der Waals surface area contributed by atoms with Crippen LogP contribution in [0.25, 0.3) is 10.9 Å². The first-order chi connectivity index (χ1) is 15.9. The maximum Gasteiger partial charge on any atom is 0.253 e. The zero-order chi connectivity index (χ0) is 23.4. The van der Waals surface area contributed by atoms with E-state index in [0.29, 0.717) is 30.4 Å². The second-order valence-electron chi connectivity index (χ2n) is 8.50. The first-order valence-corrected chi connectivity index (χ1v) is 11.9. The molecule has 4 rings (SSSR count). The second kappa shape index (κ2) is 10.4. The molecule has 1 aliphatic rings. The lowest BCUT2D eigenvalue weighted by molar-refractivity contribution is 0.0904. The molecule has 2 heterocycles. The number of thiocarbonyl (C=S) groups is 1. The van der Waals surface area contributed by atoms with Gasteiger partial charge in [-0.25, -0.2) is 0 Å². The van der Waals surface area contributed by atoms with Crippen molar-refractivity contribution < 1.29 is 9.47 Å². The van der Waals surface area contributed by atoms with Crippen molar-refractivity contribution in [3.63, 3.8) is 0 Å². The third-order valence-electron chi connectivity index (χ3n) is 6.14. The predicted molar refractivity (Wildman–Crippen MR) is 137 cm³/mol. The van der Waals surface area contributed by atoms with E-state index in [1.807, 2.05) is 49.1 Å². The van der Waals surface area contributed by atoms with Gasteiger partial charge in [0.1, 0.15) is 5.75 Å². The Hall–Kier alpha value is -2.90. The summed E-state index contributed by atoms with van der Waals surface area (Å²) in [7, 11) is 0. The molecule has 33 heavy (non-hydrogen) atoms. The van der Waals surface area contributed by atoms with Gasteiger partial charge in [-0.1, -0.05) is 12.1 Å². The molecule has 3 aromatic rings. The summed E-state index contributed by atoms with van der Waals surface area (Å²) in [6, 6.07) is 13.8. The number of nitrogens with zero attached hydrogens (tertiary/aromatic N) is 1. The molecule has 0 spiro atoms. The number of rotatable bonds is 7. The Labute approximate surface area is 199 Å². The smallest absolute Gasteiger partial charge is 0.253 e. The predicted octanol–water partition coefficient (Wildman–Crippen LogP) is 4.92. The summed E-state index contributed by atoms with van der Waals surface area (Å²) < 4.78 is 11.4. The molecule has 2 aromatic carbocycles. The van der Waals surface area contributed by atoms with Crippen molar-refractivity contribution in [2.75, 3.05) is 25.1 Å². The van der Waals surface area contributed by atoms with Crippen molar-refractivity contribution in [1.82, 2.24) is 9.88 Å². The fourth-order valence-electron chi connectivity index (χ4n) is 4.15. The van der Waals surface area contributed by atoms with Crippen molar-refractivity contribution in [1.29, 1.82) is 0 Å². The normalized spacial score (nSPS) is 15.5. The maximum absolute atomic E-state index is 13.0. The van der Waals surface area contributed by atoms with Crippen molar-refractivity contribution in [2.24, 2.45) is 0 Å². The van der Waals surface area contributed by atoms with Crippen LogP contribution >= 0.6 is 12.2 Å². The molecular formula is C26H31N3O3S. The Kier molecular flexibility index (Phi) is 7.30. The molecule has 7 heteroatoms. The Morgan fingerprint density at radius 2 is 2.03 bits per heavy atom. The number of pyridine rings is 1. The van der Waals surface area contributed by atoms with Gasteiger partial charge in [0, 0.05) is 24.4 Å². The van der Waals surface area contributed by atoms with Crippen LogP contribution in [0.2, 0.25) is 0 Å². The molecule has 0 amide bonds. The Balaban J connectivity index is 1.57. The molecule has 1 atom stereocenters. The fraction of sp³-hybridized carbons (Fsp3) is 0.385. The van der Waals surface area contributed by atoms with Crippen molar-refractivity contribution in [3.8, 4) is 5.75 Å². The number of aromatic nitrogens is 1. The van der Waals surface area contributed by atoms with E-state index in [1.54, 1.807) is 0 Å². The molecule has 0 unspecified atom stereocenters. The number of H-pyrrole nitrogens is 1. The highest BCUT2D eigenvalue weighted by Crippen LogP contribution is 2.21. The Morgan fingerprint density at radius 1 is 1.24 bits per heavy atom. The molecule has 1 aliphatic heterocycles. The molecule has 0 radical (unpaired) electrons. The molecule has 1 aromatic heterocycles. The molecular weight excluding hydrogens is 434 g/mol. The first kappa shape index (κ1) is 23.3. The average Bonchev–Trinajstić information content (AvgIpc) is 3.32. The van der Waals surface area contributed by atoms with Gasteiger partial charge in [-0.3, -0.25) is 4.79 Å². The van der Waals surface area contributed by atoms with E-state index in [0.717, 1.165) is 52.9 Å². The van der Waals surface area contributed by atoms with Crippen LogP contribution in [0.4, 0.5) is 5.69 Å². The van der Waals surface area contributed by atoms with Gasteiger partial charge in [0.05, 0.1) is 24.8 Å². The quantitative estimate of drug-likeness (QED) is 0.483. The molecule has 1 saturated heterocycles. The van der Waals surface area contributed by atoms with Crippen LogP contribution in [-0.2, 0) is 11.3 Å². The third kappa shape index (κ3) is 5.54. The Bertz CT molecular complexity index is 1180. The van der Waals surface area contributed by atoms with Gasteiger partial charge in [-0.15, -0.1) is 0 Å². The van der Waals surface area contributed by atoms with Crippen LogP contribution in [0, 0.1) is 13.8 Å². The highest BCUT2D eigenvalue weighted by atomic mass is 32.1. The summed E-state index contributed by atoms with van der Waals surface area (Å²) in [5, 5.41) is 4.90. The topological polar surface area (TPSA) is 66.6 Å². The zero-order valence-electron chi connectivity index (χ0n) is 19.4. The highest BCUT2D eigenvalue weighted by Gasteiger charge is 2.22. The summed E-state index contributed by atoms with van der Waals surface area (Å²) in [6.45, 7) is 8.48. The number of benzene rings is 2. The van der Waals surface area contributed by atoms with Gasteiger partial charge in [-0.05, 0) is 92.7 Å². The van der Waals surface area contributed by atoms with Crippen LogP contribution in [0.3, 0.4) is 0 Å². The van der Waals surface area contributed by atoms with Crippen molar-refractivity contribution >= 4 is 33.9 Å². The van der Waals surface area contributed by atoms with Gasteiger partial charge < -0.3 is 24.7 Å². The lowest BCUT2D eigenvalue weighted by atomic mass is 10.0. The summed E-state index contributed by atoms with van der Waals surface area (Å²) in [5.74, 6) is 0.818. The first-order valence-electron chi connectivity index (χ1n) is 11.5. The molecule has 174 valence electrons. The molecule has 2 N–H and O–H groups in total. The van der Waals surface area contributed by atoms with Gasteiger partial charge in [0.25, 0.3) is 5.56 Å². The number of fused-ring (bicyclic) bond motifs is 1. The SMILES string of the molecule is CCOc1ccc(NC(=S)N(Cc2cc3ccc(C)c(C)c3[nH]c2=O)C[C@@H]2CCCO2)cc1. The van der Waals surface area contributed by atoms with E-state index in [1.165, 1.54) is 0 Å². The van der Waals surface area contributed by atoms with Crippen LogP contribution in [0.15, 0.2) is 47.3 Å². The monoisotopic (exact) mass is 465 g/mol.